The van der Waals surface area contributed by atoms with Crippen molar-refractivity contribution in [2.24, 2.45) is 0 Å². The van der Waals surface area contributed by atoms with Crippen molar-refractivity contribution in [3.63, 3.8) is 0 Å². The average molecular weight is 282 g/mol. The maximum atomic E-state index is 11.0. The van der Waals surface area contributed by atoms with Crippen LogP contribution in [0.25, 0.3) is 0 Å². The minimum absolute atomic E-state index is 0.214. The molecule has 0 aromatic heterocycles. The van der Waals surface area contributed by atoms with Gasteiger partial charge in [0, 0.05) is 0 Å². The molecule has 0 aromatic rings. The molecule has 1 N–H and O–H groups in total. The highest BCUT2D eigenvalue weighted by Gasteiger charge is 2.18. The Bertz CT molecular complexity index is 220. The van der Waals surface area contributed by atoms with Gasteiger partial charge in [-0.15, -0.1) is 0 Å². The second-order valence-electron chi connectivity index (χ2n) is 2.30. The summed E-state index contributed by atoms with van der Waals surface area (Å²) in [5, 5.41) is 9.41. The van der Waals surface area contributed by atoms with Gasteiger partial charge < -0.3 is 9.84 Å². The monoisotopic (exact) mass is 282 g/mol. The van der Waals surface area contributed by atoms with Crippen LogP contribution in [0.5, 0.6) is 0 Å². The number of aliphatic hydroxyl groups is 1. The van der Waals surface area contributed by atoms with Crippen LogP contribution in [0.1, 0.15) is 6.92 Å². The molecule has 0 aliphatic heterocycles. The van der Waals surface area contributed by atoms with Crippen LogP contribution < -0.4 is 0 Å². The molecule has 0 heterocycles. The second-order valence-corrected chi connectivity index (χ2v) is 2.93. The number of hydrogen-bond donors (Lipinski definition) is 1. The molecule has 68 valence electrons. The molecule has 12 heavy (non-hydrogen) atoms. The first kappa shape index (κ1) is 11.6. The summed E-state index contributed by atoms with van der Waals surface area (Å²) in [5.74, 6) is -0.528. The largest absolute Gasteiger partial charge is 0.466 e. The fourth-order valence-corrected chi connectivity index (χ4v) is 1.19. The van der Waals surface area contributed by atoms with E-state index >= 15 is 0 Å². The Balaban J connectivity index is 4.58. The van der Waals surface area contributed by atoms with Crippen molar-refractivity contribution in [3.05, 3.63) is 21.8 Å². The van der Waals surface area contributed by atoms with E-state index in [9.17, 15) is 9.90 Å². The molecule has 0 aliphatic carbocycles. The van der Waals surface area contributed by atoms with Crippen LogP contribution in [-0.2, 0) is 9.53 Å². The van der Waals surface area contributed by atoms with Gasteiger partial charge >= 0.3 is 5.97 Å². The highest BCUT2D eigenvalue weighted by Crippen LogP contribution is 2.13. The summed E-state index contributed by atoms with van der Waals surface area (Å²) in [6.45, 7) is 5.19. The number of halogens is 1. The molecule has 0 spiro atoms. The maximum absolute atomic E-state index is 11.0. The van der Waals surface area contributed by atoms with E-state index in [4.69, 9.17) is 0 Å². The first-order valence-electron chi connectivity index (χ1n) is 3.26. The summed E-state index contributed by atoms with van der Waals surface area (Å²) < 4.78 is 5.95. The van der Waals surface area contributed by atoms with E-state index in [1.54, 1.807) is 6.92 Å². The summed E-state index contributed by atoms with van der Waals surface area (Å²) in [7, 11) is 1.27. The molecule has 3 nitrogen and oxygen atoms in total. The van der Waals surface area contributed by atoms with Gasteiger partial charge in [-0.05, 0) is 16.6 Å². The molecule has 0 saturated heterocycles. The van der Waals surface area contributed by atoms with Crippen molar-refractivity contribution in [1.29, 1.82) is 0 Å². The molecule has 4 heteroatoms. The Labute approximate surface area is 85.2 Å². The molecule has 0 aliphatic rings. The minimum atomic E-state index is -0.936. The predicted octanol–water partition coefficient (Wildman–Crippen LogP) is 1.42. The van der Waals surface area contributed by atoms with E-state index < -0.39 is 12.1 Å². The molecule has 1 atom stereocenters. The quantitative estimate of drug-likeness (QED) is 0.368. The molecule has 0 fully saturated rings. The number of aliphatic hydroxyl groups excluding tert-OH is 1. The molecule has 0 rings (SSSR count). The van der Waals surface area contributed by atoms with Crippen molar-refractivity contribution >= 4 is 28.6 Å². The summed E-state index contributed by atoms with van der Waals surface area (Å²) in [6.07, 6.45) is -0.936. The zero-order chi connectivity index (χ0) is 9.72. The first-order chi connectivity index (χ1) is 5.54. The highest BCUT2D eigenvalue weighted by atomic mass is 127. The minimum Gasteiger partial charge on any atom is -0.466 e. The number of carbonyl (C=O) groups excluding carboxylic acids is 1. The van der Waals surface area contributed by atoms with Gasteiger partial charge in [-0.2, -0.15) is 0 Å². The lowest BCUT2D eigenvalue weighted by Gasteiger charge is -2.11. The van der Waals surface area contributed by atoms with E-state index in [0.717, 1.165) is 0 Å². The van der Waals surface area contributed by atoms with Crippen LogP contribution in [0.2, 0.25) is 0 Å². The number of rotatable bonds is 3. The van der Waals surface area contributed by atoms with Gasteiger partial charge in [-0.3, -0.25) is 0 Å². The topological polar surface area (TPSA) is 46.5 Å². The highest BCUT2D eigenvalue weighted by molar-refractivity contribution is 14.1. The van der Waals surface area contributed by atoms with Gasteiger partial charge in [0.15, 0.2) is 0 Å². The average Bonchev–Trinajstić information content (AvgIpc) is 2.05. The third-order valence-corrected chi connectivity index (χ3v) is 1.97. The SMILES string of the molecule is C=C(C)C(O)/C(=C\I)C(=O)OC. The summed E-state index contributed by atoms with van der Waals surface area (Å²) in [5.41, 5.74) is 0.730. The van der Waals surface area contributed by atoms with Crippen molar-refractivity contribution in [2.75, 3.05) is 7.11 Å². The summed E-state index contributed by atoms with van der Waals surface area (Å²) in [6, 6.07) is 0. The van der Waals surface area contributed by atoms with E-state index in [1.807, 2.05) is 22.6 Å². The van der Waals surface area contributed by atoms with Crippen LogP contribution in [0.15, 0.2) is 21.8 Å². The van der Waals surface area contributed by atoms with Gasteiger partial charge in [0.25, 0.3) is 0 Å². The fraction of sp³-hybridized carbons (Fsp3) is 0.375. The molecular formula is C8H11IO3. The third kappa shape index (κ3) is 2.94. The van der Waals surface area contributed by atoms with Gasteiger partial charge in [-0.1, -0.05) is 29.2 Å². The number of hydrogen-bond acceptors (Lipinski definition) is 3. The molecule has 0 radical (unpaired) electrons. The van der Waals surface area contributed by atoms with E-state index in [1.165, 1.54) is 11.2 Å². The Morgan fingerprint density at radius 2 is 2.25 bits per heavy atom. The van der Waals surface area contributed by atoms with E-state index in [2.05, 4.69) is 11.3 Å². The third-order valence-electron chi connectivity index (χ3n) is 1.30. The molecule has 0 saturated carbocycles. The Morgan fingerprint density at radius 3 is 2.50 bits per heavy atom. The van der Waals surface area contributed by atoms with Gasteiger partial charge in [0.1, 0.15) is 6.10 Å². The molecule has 0 aromatic carbocycles. The van der Waals surface area contributed by atoms with Gasteiger partial charge in [-0.25, -0.2) is 4.79 Å². The lowest BCUT2D eigenvalue weighted by Crippen LogP contribution is -2.19. The standard InChI is InChI=1S/C8H11IO3/c1-5(2)7(10)6(4-9)8(11)12-3/h4,7,10H,1H2,2-3H3/b6-4+. The fourth-order valence-electron chi connectivity index (χ4n) is 0.599. The molecule has 0 bridgehead atoms. The van der Waals surface area contributed by atoms with Crippen molar-refractivity contribution in [1.82, 2.24) is 0 Å². The molecule has 1 unspecified atom stereocenters. The van der Waals surface area contributed by atoms with Gasteiger partial charge in [0.05, 0.1) is 12.7 Å². The van der Waals surface area contributed by atoms with Crippen molar-refractivity contribution in [3.8, 4) is 0 Å². The maximum Gasteiger partial charge on any atom is 0.337 e. The zero-order valence-corrected chi connectivity index (χ0v) is 9.16. The molecular weight excluding hydrogens is 271 g/mol. The molecule has 0 amide bonds. The normalized spacial score (nSPS) is 13.8. The second kappa shape index (κ2) is 5.31. The van der Waals surface area contributed by atoms with Crippen LogP contribution in [0, 0.1) is 0 Å². The van der Waals surface area contributed by atoms with E-state index in [-0.39, 0.29) is 5.57 Å². The summed E-state index contributed by atoms with van der Waals surface area (Å²) in [4.78, 5) is 11.0. The number of ether oxygens (including phenoxy) is 1. The zero-order valence-electron chi connectivity index (χ0n) is 7.00. The smallest absolute Gasteiger partial charge is 0.337 e. The van der Waals surface area contributed by atoms with Crippen LogP contribution in [0.4, 0.5) is 0 Å². The van der Waals surface area contributed by atoms with E-state index in [0.29, 0.717) is 5.57 Å². The predicted molar refractivity (Wildman–Crippen MR) is 54.9 cm³/mol. The summed E-state index contributed by atoms with van der Waals surface area (Å²) >= 11 is 1.87. The van der Waals surface area contributed by atoms with Gasteiger partial charge in [0.2, 0.25) is 0 Å². The van der Waals surface area contributed by atoms with Crippen molar-refractivity contribution in [2.45, 2.75) is 13.0 Å². The Hall–Kier alpha value is -0.360. The van der Waals surface area contributed by atoms with Crippen molar-refractivity contribution < 1.29 is 14.6 Å². The van der Waals surface area contributed by atoms with Crippen LogP contribution in [0.3, 0.4) is 0 Å². The number of methoxy groups -OCH3 is 1. The van der Waals surface area contributed by atoms with Crippen LogP contribution in [-0.4, -0.2) is 24.3 Å². The number of esters is 1. The van der Waals surface area contributed by atoms with Crippen LogP contribution >= 0.6 is 22.6 Å². The Kier molecular flexibility index (Phi) is 5.16. The lowest BCUT2D eigenvalue weighted by molar-refractivity contribution is -0.137. The Morgan fingerprint density at radius 1 is 1.75 bits per heavy atom. The number of carbonyl (C=O) groups is 1. The first-order valence-corrected chi connectivity index (χ1v) is 4.51. The lowest BCUT2D eigenvalue weighted by atomic mass is 10.1.